The van der Waals surface area contributed by atoms with Crippen LogP contribution in [0.25, 0.3) is 0 Å². The summed E-state index contributed by atoms with van der Waals surface area (Å²) < 4.78 is 5.36. The summed E-state index contributed by atoms with van der Waals surface area (Å²) in [6.45, 7) is 0.658. The van der Waals surface area contributed by atoms with Gasteiger partial charge in [-0.3, -0.25) is 9.59 Å². The van der Waals surface area contributed by atoms with E-state index in [-0.39, 0.29) is 0 Å². The zero-order chi connectivity index (χ0) is 12.4. The Balaban J connectivity index is 2.17. The van der Waals surface area contributed by atoms with E-state index in [1.54, 1.807) is 13.1 Å². The van der Waals surface area contributed by atoms with Gasteiger partial charge in [0.2, 0.25) is 5.91 Å². The van der Waals surface area contributed by atoms with Crippen LogP contribution in [0.1, 0.15) is 12.0 Å². The minimum atomic E-state index is -1.12. The van der Waals surface area contributed by atoms with Crippen molar-refractivity contribution in [2.75, 3.05) is 18.6 Å². The first kappa shape index (κ1) is 11.4. The van der Waals surface area contributed by atoms with Crippen molar-refractivity contribution in [2.45, 2.75) is 12.8 Å². The Hall–Kier alpha value is -2.04. The van der Waals surface area contributed by atoms with Crippen LogP contribution in [0.4, 0.5) is 5.69 Å². The maximum atomic E-state index is 11.6. The average molecular weight is 235 g/mol. The number of carbonyl (C=O) groups is 2. The molecule has 1 aliphatic rings. The molecule has 0 saturated heterocycles. The molecule has 0 unspecified atom stereocenters. The van der Waals surface area contributed by atoms with Crippen LogP contribution >= 0.6 is 0 Å². The number of nitrogens with zero attached hydrogens (tertiary/aromatic N) is 1. The van der Waals surface area contributed by atoms with Crippen molar-refractivity contribution < 1.29 is 19.4 Å². The molecule has 0 spiro atoms. The third-order valence-electron chi connectivity index (χ3n) is 2.74. The van der Waals surface area contributed by atoms with Crippen molar-refractivity contribution in [2.24, 2.45) is 0 Å². The number of hydrogen-bond donors (Lipinski definition) is 1. The van der Waals surface area contributed by atoms with E-state index in [0.717, 1.165) is 17.7 Å². The number of carbonyl (C=O) groups excluding carboxylic acids is 1. The van der Waals surface area contributed by atoms with Crippen molar-refractivity contribution >= 4 is 17.6 Å². The average Bonchev–Trinajstić information content (AvgIpc) is 2.73. The highest BCUT2D eigenvalue weighted by molar-refractivity contribution is 6.02. The lowest BCUT2D eigenvalue weighted by Gasteiger charge is -2.17. The van der Waals surface area contributed by atoms with Gasteiger partial charge in [0.15, 0.2) is 0 Å². The molecule has 0 radical (unpaired) electrons. The summed E-state index contributed by atoms with van der Waals surface area (Å²) in [4.78, 5) is 23.4. The zero-order valence-electron chi connectivity index (χ0n) is 9.47. The predicted octanol–water partition coefficient (Wildman–Crippen LogP) is 1.06. The van der Waals surface area contributed by atoms with Gasteiger partial charge in [-0.25, -0.2) is 0 Å². The summed E-state index contributed by atoms with van der Waals surface area (Å²) in [6, 6.07) is 5.42. The largest absolute Gasteiger partial charge is 0.493 e. The van der Waals surface area contributed by atoms with Crippen molar-refractivity contribution in [3.05, 3.63) is 23.8 Å². The SMILES string of the molecule is CN(C(=O)CC(=O)O)c1ccc2c(c1)CCO2. The summed E-state index contributed by atoms with van der Waals surface area (Å²) in [6.07, 6.45) is 0.328. The predicted molar refractivity (Wildman–Crippen MR) is 61.3 cm³/mol. The summed E-state index contributed by atoms with van der Waals surface area (Å²) in [7, 11) is 1.57. The van der Waals surface area contributed by atoms with E-state index < -0.39 is 18.3 Å². The first-order valence-corrected chi connectivity index (χ1v) is 5.32. The molecule has 0 saturated carbocycles. The maximum absolute atomic E-state index is 11.6. The van der Waals surface area contributed by atoms with Crippen molar-refractivity contribution in [1.82, 2.24) is 0 Å². The maximum Gasteiger partial charge on any atom is 0.312 e. The van der Waals surface area contributed by atoms with Gasteiger partial charge in [0.1, 0.15) is 12.2 Å². The van der Waals surface area contributed by atoms with Gasteiger partial charge >= 0.3 is 5.97 Å². The van der Waals surface area contributed by atoms with Crippen molar-refractivity contribution in [3.8, 4) is 5.75 Å². The van der Waals surface area contributed by atoms with Gasteiger partial charge in [0, 0.05) is 19.2 Å². The molecule has 1 aromatic carbocycles. The fourth-order valence-electron chi connectivity index (χ4n) is 1.77. The van der Waals surface area contributed by atoms with E-state index in [2.05, 4.69) is 0 Å². The Morgan fingerprint density at radius 3 is 2.94 bits per heavy atom. The molecule has 1 N–H and O–H groups in total. The highest BCUT2D eigenvalue weighted by Crippen LogP contribution is 2.29. The molecule has 1 aromatic rings. The van der Waals surface area contributed by atoms with Crippen molar-refractivity contribution in [3.63, 3.8) is 0 Å². The van der Waals surface area contributed by atoms with Gasteiger partial charge in [-0.15, -0.1) is 0 Å². The van der Waals surface area contributed by atoms with Gasteiger partial charge in [0.05, 0.1) is 6.61 Å². The Labute approximate surface area is 98.6 Å². The molecule has 90 valence electrons. The lowest BCUT2D eigenvalue weighted by molar-refractivity contribution is -0.140. The first-order valence-electron chi connectivity index (χ1n) is 5.32. The summed E-state index contributed by atoms with van der Waals surface area (Å²) in [5.74, 6) is -0.712. The molecule has 0 atom stereocenters. The van der Waals surface area contributed by atoms with E-state index >= 15 is 0 Å². The van der Waals surface area contributed by atoms with Gasteiger partial charge in [-0.05, 0) is 23.8 Å². The second kappa shape index (κ2) is 4.45. The number of rotatable bonds is 3. The summed E-state index contributed by atoms with van der Waals surface area (Å²) >= 11 is 0. The lowest BCUT2D eigenvalue weighted by Crippen LogP contribution is -2.28. The van der Waals surface area contributed by atoms with Crippen LogP contribution in [-0.2, 0) is 16.0 Å². The molecule has 5 heteroatoms. The number of fused-ring (bicyclic) bond motifs is 1. The molecule has 0 aromatic heterocycles. The van der Waals surface area contributed by atoms with Gasteiger partial charge in [-0.2, -0.15) is 0 Å². The quantitative estimate of drug-likeness (QED) is 0.795. The Morgan fingerprint density at radius 1 is 1.47 bits per heavy atom. The molecule has 2 rings (SSSR count). The van der Waals surface area contributed by atoms with Crippen LogP contribution in [0.5, 0.6) is 5.75 Å². The summed E-state index contributed by atoms with van der Waals surface area (Å²) in [5.41, 5.74) is 1.75. The molecule has 1 amide bonds. The number of amides is 1. The number of aliphatic carboxylic acids is 1. The number of carboxylic acids is 1. The Bertz CT molecular complexity index is 470. The Kier molecular flexibility index (Phi) is 2.99. The fraction of sp³-hybridized carbons (Fsp3) is 0.333. The highest BCUT2D eigenvalue weighted by Gasteiger charge is 2.18. The van der Waals surface area contributed by atoms with E-state index in [1.807, 2.05) is 12.1 Å². The highest BCUT2D eigenvalue weighted by atomic mass is 16.5. The van der Waals surface area contributed by atoms with E-state index in [9.17, 15) is 9.59 Å². The second-order valence-corrected chi connectivity index (χ2v) is 3.91. The smallest absolute Gasteiger partial charge is 0.312 e. The standard InChI is InChI=1S/C12H13NO4/c1-13(11(14)7-12(15)16)9-2-3-10-8(6-9)4-5-17-10/h2-3,6H,4-5,7H2,1H3,(H,15,16). The van der Waals surface area contributed by atoms with Gasteiger partial charge in [0.25, 0.3) is 0 Å². The zero-order valence-corrected chi connectivity index (χ0v) is 9.47. The van der Waals surface area contributed by atoms with Crippen molar-refractivity contribution in [1.29, 1.82) is 0 Å². The van der Waals surface area contributed by atoms with E-state index in [1.165, 1.54) is 4.90 Å². The lowest BCUT2D eigenvalue weighted by atomic mass is 10.1. The molecular formula is C12H13NO4. The molecule has 5 nitrogen and oxygen atoms in total. The number of ether oxygens (including phenoxy) is 1. The Morgan fingerprint density at radius 2 is 2.24 bits per heavy atom. The van der Waals surface area contributed by atoms with Crippen LogP contribution < -0.4 is 9.64 Å². The monoisotopic (exact) mass is 235 g/mol. The molecule has 1 heterocycles. The van der Waals surface area contributed by atoms with Crippen LogP contribution in [0.2, 0.25) is 0 Å². The van der Waals surface area contributed by atoms with Crippen LogP contribution in [-0.4, -0.2) is 30.6 Å². The van der Waals surface area contributed by atoms with Crippen LogP contribution in [0, 0.1) is 0 Å². The topological polar surface area (TPSA) is 66.8 Å². The van der Waals surface area contributed by atoms with Crippen LogP contribution in [0.15, 0.2) is 18.2 Å². The molecule has 0 fully saturated rings. The number of benzene rings is 1. The van der Waals surface area contributed by atoms with Gasteiger partial charge in [-0.1, -0.05) is 0 Å². The number of hydrogen-bond acceptors (Lipinski definition) is 3. The number of carboxylic acid groups (broad SMARTS) is 1. The third kappa shape index (κ3) is 2.38. The minimum absolute atomic E-state index is 0.434. The fourth-order valence-corrected chi connectivity index (χ4v) is 1.77. The molecule has 17 heavy (non-hydrogen) atoms. The van der Waals surface area contributed by atoms with E-state index in [0.29, 0.717) is 12.3 Å². The molecule has 0 aliphatic carbocycles. The normalized spacial score (nSPS) is 12.8. The number of anilines is 1. The second-order valence-electron chi connectivity index (χ2n) is 3.91. The molecular weight excluding hydrogens is 222 g/mol. The third-order valence-corrected chi connectivity index (χ3v) is 2.74. The van der Waals surface area contributed by atoms with Gasteiger partial charge < -0.3 is 14.7 Å². The first-order chi connectivity index (χ1) is 8.08. The van der Waals surface area contributed by atoms with Crippen LogP contribution in [0.3, 0.4) is 0 Å². The molecule has 0 bridgehead atoms. The molecule has 1 aliphatic heterocycles. The minimum Gasteiger partial charge on any atom is -0.493 e. The van der Waals surface area contributed by atoms with E-state index in [4.69, 9.17) is 9.84 Å². The summed E-state index contributed by atoms with van der Waals surface area (Å²) in [5, 5.41) is 8.57.